The first kappa shape index (κ1) is 10.3. The number of carbonyl (C=O) groups excluding carboxylic acids is 1. The summed E-state index contributed by atoms with van der Waals surface area (Å²) in [5.74, 6) is 0.315. The van der Waals surface area contributed by atoms with Gasteiger partial charge in [-0.3, -0.25) is 9.48 Å². The predicted molar refractivity (Wildman–Crippen MR) is 60.6 cm³/mol. The second-order valence-corrected chi connectivity index (χ2v) is 4.88. The number of ketones is 1. The Bertz CT molecular complexity index is 437. The van der Waals surface area contributed by atoms with Gasteiger partial charge in [0.25, 0.3) is 0 Å². The zero-order valence-corrected chi connectivity index (χ0v) is 9.76. The highest BCUT2D eigenvalue weighted by Gasteiger charge is 2.34. The summed E-state index contributed by atoms with van der Waals surface area (Å²) in [5, 5.41) is 8.21. The van der Waals surface area contributed by atoms with Crippen LogP contribution in [0.1, 0.15) is 35.4 Å². The highest BCUT2D eigenvalue weighted by molar-refractivity contribution is 6.34. The average Bonchev–Trinajstić information content (AvgIpc) is 3.09. The fourth-order valence-corrected chi connectivity index (χ4v) is 2.38. The molecule has 1 fully saturated rings. The number of nitrogens with zero attached hydrogens (tertiary/aromatic N) is 2. The van der Waals surface area contributed by atoms with Crippen LogP contribution in [0.5, 0.6) is 0 Å². The second-order valence-electron chi connectivity index (χ2n) is 4.50. The van der Waals surface area contributed by atoms with E-state index in [1.807, 2.05) is 4.68 Å². The zero-order chi connectivity index (χ0) is 11.1. The number of aryl methyl sites for hydroxylation is 1. The van der Waals surface area contributed by atoms with Gasteiger partial charge in [0.1, 0.15) is 5.69 Å². The molecule has 16 heavy (non-hydrogen) atoms. The van der Waals surface area contributed by atoms with E-state index in [2.05, 4.69) is 10.4 Å². The van der Waals surface area contributed by atoms with Gasteiger partial charge in [-0.05, 0) is 25.8 Å². The monoisotopic (exact) mass is 239 g/mol. The van der Waals surface area contributed by atoms with Crippen molar-refractivity contribution in [3.63, 3.8) is 0 Å². The molecule has 0 atom stereocenters. The van der Waals surface area contributed by atoms with Gasteiger partial charge < -0.3 is 5.32 Å². The minimum Gasteiger partial charge on any atom is -0.311 e. The van der Waals surface area contributed by atoms with E-state index in [0.717, 1.165) is 38.0 Å². The highest BCUT2D eigenvalue weighted by atomic mass is 35.5. The lowest BCUT2D eigenvalue weighted by atomic mass is 10.2. The molecule has 4 nitrogen and oxygen atoms in total. The van der Waals surface area contributed by atoms with Gasteiger partial charge >= 0.3 is 0 Å². The van der Waals surface area contributed by atoms with E-state index in [0.29, 0.717) is 17.3 Å². The van der Waals surface area contributed by atoms with E-state index in [1.165, 1.54) is 0 Å². The first-order valence-corrected chi connectivity index (χ1v) is 6.15. The normalized spacial score (nSPS) is 20.3. The van der Waals surface area contributed by atoms with Gasteiger partial charge in [0.15, 0.2) is 5.78 Å². The Balaban J connectivity index is 1.97. The molecular formula is C11H14ClN3O. The number of Topliss-reactive ketones (excluding diaryl/α,β-unsaturated/α-hetero) is 1. The lowest BCUT2D eigenvalue weighted by Gasteiger charge is -1.99. The predicted octanol–water partition coefficient (Wildman–Crippen LogP) is 1.62. The second kappa shape index (κ2) is 3.86. The number of carbonyl (C=O) groups is 1. The Labute approximate surface area is 99.0 Å². The van der Waals surface area contributed by atoms with Crippen LogP contribution in [0.2, 0.25) is 5.02 Å². The maximum atomic E-state index is 12.0. The minimum absolute atomic E-state index is 0.130. The van der Waals surface area contributed by atoms with Crippen LogP contribution in [0.25, 0.3) is 0 Å². The molecule has 5 heteroatoms. The number of aromatic nitrogens is 2. The molecule has 86 valence electrons. The van der Waals surface area contributed by atoms with E-state index in [9.17, 15) is 4.79 Å². The summed E-state index contributed by atoms with van der Waals surface area (Å²) in [6.07, 6.45) is 3.02. The zero-order valence-electron chi connectivity index (χ0n) is 9.00. The van der Waals surface area contributed by atoms with Crippen LogP contribution in [-0.4, -0.2) is 22.1 Å². The fraction of sp³-hybridized carbons (Fsp3) is 0.636. The van der Waals surface area contributed by atoms with Crippen LogP contribution in [-0.2, 0) is 13.1 Å². The van der Waals surface area contributed by atoms with Crippen LogP contribution < -0.4 is 5.32 Å². The number of nitrogens with one attached hydrogen (secondary N) is 1. The molecule has 1 aliphatic carbocycles. The lowest BCUT2D eigenvalue weighted by Crippen LogP contribution is -2.12. The van der Waals surface area contributed by atoms with Crippen LogP contribution in [0, 0.1) is 5.92 Å². The van der Waals surface area contributed by atoms with Crippen molar-refractivity contribution in [2.24, 2.45) is 5.92 Å². The molecule has 1 saturated carbocycles. The Morgan fingerprint density at radius 2 is 2.31 bits per heavy atom. The van der Waals surface area contributed by atoms with Gasteiger partial charge in [-0.25, -0.2) is 0 Å². The van der Waals surface area contributed by atoms with E-state index in [-0.39, 0.29) is 11.7 Å². The smallest absolute Gasteiger partial charge is 0.187 e. The largest absolute Gasteiger partial charge is 0.311 e. The molecule has 0 aromatic carbocycles. The van der Waals surface area contributed by atoms with Gasteiger partial charge in [0.05, 0.1) is 10.7 Å². The Kier molecular flexibility index (Phi) is 2.48. The van der Waals surface area contributed by atoms with Crippen LogP contribution in [0.15, 0.2) is 0 Å². The molecule has 3 rings (SSSR count). The van der Waals surface area contributed by atoms with E-state index >= 15 is 0 Å². The summed E-state index contributed by atoms with van der Waals surface area (Å²) >= 11 is 6.24. The van der Waals surface area contributed by atoms with Gasteiger partial charge in [-0.2, -0.15) is 5.10 Å². The first-order chi connectivity index (χ1) is 7.77. The van der Waals surface area contributed by atoms with E-state index < -0.39 is 0 Å². The molecule has 0 radical (unpaired) electrons. The van der Waals surface area contributed by atoms with E-state index in [1.54, 1.807) is 0 Å². The van der Waals surface area contributed by atoms with Crippen molar-refractivity contribution in [1.82, 2.24) is 15.1 Å². The number of fused-ring (bicyclic) bond motifs is 1. The third kappa shape index (κ3) is 1.66. The van der Waals surface area contributed by atoms with Crippen LogP contribution >= 0.6 is 11.6 Å². The van der Waals surface area contributed by atoms with Crippen molar-refractivity contribution in [3.05, 3.63) is 16.4 Å². The number of halogens is 1. The SMILES string of the molecule is O=C(c1nn2c(c1Cl)CNCCC2)C1CC1. The molecule has 0 unspecified atom stereocenters. The molecule has 1 aromatic heterocycles. The lowest BCUT2D eigenvalue weighted by molar-refractivity contribution is 0.0962. The maximum Gasteiger partial charge on any atom is 0.187 e. The summed E-state index contributed by atoms with van der Waals surface area (Å²) in [6, 6.07) is 0. The van der Waals surface area contributed by atoms with Crippen molar-refractivity contribution in [1.29, 1.82) is 0 Å². The summed E-state index contributed by atoms with van der Waals surface area (Å²) in [6.45, 7) is 2.54. The Hall–Kier alpha value is -0.870. The highest BCUT2D eigenvalue weighted by Crippen LogP contribution is 2.35. The number of rotatable bonds is 2. The molecule has 1 aromatic rings. The number of hydrogen-bond donors (Lipinski definition) is 1. The summed E-state index contributed by atoms with van der Waals surface area (Å²) < 4.78 is 1.89. The molecule has 1 N–H and O–H groups in total. The van der Waals surface area contributed by atoms with Gasteiger partial charge in [-0.1, -0.05) is 11.6 Å². The molecule has 0 spiro atoms. The fourth-order valence-electron chi connectivity index (χ4n) is 2.09. The van der Waals surface area contributed by atoms with Crippen LogP contribution in [0.4, 0.5) is 0 Å². The molecule has 0 bridgehead atoms. The van der Waals surface area contributed by atoms with Crippen molar-refractivity contribution < 1.29 is 4.79 Å². The van der Waals surface area contributed by atoms with Crippen molar-refractivity contribution in [2.75, 3.05) is 6.54 Å². The van der Waals surface area contributed by atoms with Crippen molar-refractivity contribution >= 4 is 17.4 Å². The summed E-state index contributed by atoms with van der Waals surface area (Å²) in [5.41, 5.74) is 1.45. The Morgan fingerprint density at radius 3 is 3.06 bits per heavy atom. The molecule has 1 aliphatic heterocycles. The van der Waals surface area contributed by atoms with E-state index in [4.69, 9.17) is 11.6 Å². The minimum atomic E-state index is 0.130. The van der Waals surface area contributed by atoms with Crippen molar-refractivity contribution in [2.45, 2.75) is 32.4 Å². The third-order valence-corrected chi connectivity index (χ3v) is 3.59. The molecule has 0 amide bonds. The van der Waals surface area contributed by atoms with Gasteiger partial charge in [-0.15, -0.1) is 0 Å². The Morgan fingerprint density at radius 1 is 1.50 bits per heavy atom. The molecular weight excluding hydrogens is 226 g/mol. The quantitative estimate of drug-likeness (QED) is 0.798. The van der Waals surface area contributed by atoms with Gasteiger partial charge in [0.2, 0.25) is 0 Å². The molecule has 2 aliphatic rings. The summed E-state index contributed by atoms with van der Waals surface area (Å²) in [4.78, 5) is 12.0. The van der Waals surface area contributed by atoms with Gasteiger partial charge in [0, 0.05) is 19.0 Å². The average molecular weight is 240 g/mol. The van der Waals surface area contributed by atoms with Crippen LogP contribution in [0.3, 0.4) is 0 Å². The summed E-state index contributed by atoms with van der Waals surface area (Å²) in [7, 11) is 0. The van der Waals surface area contributed by atoms with Crippen molar-refractivity contribution in [3.8, 4) is 0 Å². The number of hydrogen-bond acceptors (Lipinski definition) is 3. The molecule has 0 saturated heterocycles. The third-order valence-electron chi connectivity index (χ3n) is 3.19. The molecule has 2 heterocycles. The topological polar surface area (TPSA) is 46.9 Å². The standard InChI is InChI=1S/C11H14ClN3O/c12-9-8-6-13-4-1-5-15(8)14-10(9)11(16)7-2-3-7/h7,13H,1-6H2. The maximum absolute atomic E-state index is 12.0. The first-order valence-electron chi connectivity index (χ1n) is 5.77.